The van der Waals surface area contributed by atoms with Gasteiger partial charge < -0.3 is 10.5 Å². The van der Waals surface area contributed by atoms with E-state index in [1.165, 1.54) is 24.8 Å². The maximum absolute atomic E-state index is 5.62. The first kappa shape index (κ1) is 13.3. The molecule has 1 aromatic heterocycles. The molecule has 0 atom stereocenters. The molecule has 2 rings (SSSR count). The molecule has 1 aliphatic rings. The predicted octanol–water partition coefficient (Wildman–Crippen LogP) is 1.65. The number of ether oxygens (including phenoxy) is 1. The molecule has 0 aromatic carbocycles. The zero-order valence-electron chi connectivity index (χ0n) is 11.1. The van der Waals surface area contributed by atoms with Crippen LogP contribution in [0.2, 0.25) is 0 Å². The molecule has 1 saturated heterocycles. The van der Waals surface area contributed by atoms with Gasteiger partial charge in [0, 0.05) is 18.3 Å². The molecule has 1 aromatic rings. The van der Waals surface area contributed by atoms with Crippen LogP contribution < -0.4 is 10.5 Å². The van der Waals surface area contributed by atoms with E-state index in [0.29, 0.717) is 0 Å². The Morgan fingerprint density at radius 2 is 2.22 bits per heavy atom. The SMILES string of the molecule is COc1ncccc1CN1CCC(CCN)CC1. The molecule has 0 radical (unpaired) electrons. The van der Waals surface area contributed by atoms with E-state index in [1.54, 1.807) is 13.3 Å². The second kappa shape index (κ2) is 6.71. The van der Waals surface area contributed by atoms with E-state index in [-0.39, 0.29) is 0 Å². The molecular weight excluding hydrogens is 226 g/mol. The Balaban J connectivity index is 1.87. The zero-order valence-corrected chi connectivity index (χ0v) is 11.1. The highest BCUT2D eigenvalue weighted by Gasteiger charge is 2.19. The van der Waals surface area contributed by atoms with Gasteiger partial charge in [-0.05, 0) is 50.9 Å². The topological polar surface area (TPSA) is 51.4 Å². The molecule has 1 fully saturated rings. The van der Waals surface area contributed by atoms with E-state index in [9.17, 15) is 0 Å². The summed E-state index contributed by atoms with van der Waals surface area (Å²) in [5.74, 6) is 1.57. The number of nitrogens with zero attached hydrogens (tertiary/aromatic N) is 2. The van der Waals surface area contributed by atoms with Gasteiger partial charge in [0.2, 0.25) is 5.88 Å². The van der Waals surface area contributed by atoms with Crippen LogP contribution in [0.25, 0.3) is 0 Å². The van der Waals surface area contributed by atoms with E-state index in [1.807, 2.05) is 6.07 Å². The van der Waals surface area contributed by atoms with E-state index in [4.69, 9.17) is 10.5 Å². The van der Waals surface area contributed by atoms with Crippen LogP contribution in [-0.2, 0) is 6.54 Å². The number of hydrogen-bond acceptors (Lipinski definition) is 4. The number of likely N-dealkylation sites (tertiary alicyclic amines) is 1. The van der Waals surface area contributed by atoms with E-state index < -0.39 is 0 Å². The van der Waals surface area contributed by atoms with Gasteiger partial charge in [-0.15, -0.1) is 0 Å². The Morgan fingerprint density at radius 3 is 2.89 bits per heavy atom. The average Bonchev–Trinajstić information content (AvgIpc) is 2.42. The lowest BCUT2D eigenvalue weighted by molar-refractivity contribution is 0.171. The summed E-state index contributed by atoms with van der Waals surface area (Å²) in [6, 6.07) is 4.07. The molecule has 18 heavy (non-hydrogen) atoms. The molecule has 0 bridgehead atoms. The third kappa shape index (κ3) is 3.43. The summed E-state index contributed by atoms with van der Waals surface area (Å²) in [6.07, 6.45) is 5.47. The normalized spacial score (nSPS) is 17.9. The molecule has 100 valence electrons. The summed E-state index contributed by atoms with van der Waals surface area (Å²) in [6.45, 7) is 4.07. The molecule has 0 unspecified atom stereocenters. The smallest absolute Gasteiger partial charge is 0.217 e. The molecule has 4 nitrogen and oxygen atoms in total. The average molecular weight is 249 g/mol. The van der Waals surface area contributed by atoms with Gasteiger partial charge in [0.15, 0.2) is 0 Å². The number of rotatable bonds is 5. The Kier molecular flexibility index (Phi) is 4.96. The zero-order chi connectivity index (χ0) is 12.8. The minimum Gasteiger partial charge on any atom is -0.481 e. The lowest BCUT2D eigenvalue weighted by Crippen LogP contribution is -2.34. The Morgan fingerprint density at radius 1 is 1.44 bits per heavy atom. The minimum absolute atomic E-state index is 0.751. The molecule has 4 heteroatoms. The van der Waals surface area contributed by atoms with Gasteiger partial charge in [-0.2, -0.15) is 0 Å². The van der Waals surface area contributed by atoms with Crippen molar-refractivity contribution in [2.75, 3.05) is 26.7 Å². The molecular formula is C14H23N3O. The van der Waals surface area contributed by atoms with E-state index >= 15 is 0 Å². The number of hydrogen-bond donors (Lipinski definition) is 1. The summed E-state index contributed by atoms with van der Waals surface area (Å²) in [4.78, 5) is 6.72. The van der Waals surface area contributed by atoms with Crippen LogP contribution in [0.3, 0.4) is 0 Å². The molecule has 0 amide bonds. The van der Waals surface area contributed by atoms with E-state index in [0.717, 1.165) is 38.0 Å². The van der Waals surface area contributed by atoms with Crippen molar-refractivity contribution in [3.05, 3.63) is 23.9 Å². The summed E-state index contributed by atoms with van der Waals surface area (Å²) in [5, 5.41) is 0. The van der Waals surface area contributed by atoms with Crippen LogP contribution in [-0.4, -0.2) is 36.6 Å². The highest BCUT2D eigenvalue weighted by atomic mass is 16.5. The Bertz CT molecular complexity index is 362. The summed E-state index contributed by atoms with van der Waals surface area (Å²) < 4.78 is 5.29. The summed E-state index contributed by atoms with van der Waals surface area (Å²) >= 11 is 0. The quantitative estimate of drug-likeness (QED) is 0.862. The van der Waals surface area contributed by atoms with Gasteiger partial charge in [0.25, 0.3) is 0 Å². The van der Waals surface area contributed by atoms with Gasteiger partial charge >= 0.3 is 0 Å². The highest BCUT2D eigenvalue weighted by Crippen LogP contribution is 2.23. The van der Waals surface area contributed by atoms with Gasteiger partial charge in [-0.3, -0.25) is 4.90 Å². The monoisotopic (exact) mass is 249 g/mol. The van der Waals surface area contributed by atoms with Crippen molar-refractivity contribution in [2.45, 2.75) is 25.8 Å². The van der Waals surface area contributed by atoms with Crippen molar-refractivity contribution in [3.63, 3.8) is 0 Å². The first-order valence-electron chi connectivity index (χ1n) is 6.73. The largest absolute Gasteiger partial charge is 0.481 e. The predicted molar refractivity (Wildman–Crippen MR) is 72.5 cm³/mol. The van der Waals surface area contributed by atoms with Crippen LogP contribution in [0.5, 0.6) is 5.88 Å². The molecule has 0 spiro atoms. The Hall–Kier alpha value is -1.13. The minimum atomic E-state index is 0.751. The highest BCUT2D eigenvalue weighted by molar-refractivity contribution is 5.25. The maximum atomic E-state index is 5.62. The van der Waals surface area contributed by atoms with Crippen molar-refractivity contribution >= 4 is 0 Å². The van der Waals surface area contributed by atoms with E-state index in [2.05, 4.69) is 16.0 Å². The number of methoxy groups -OCH3 is 1. The van der Waals surface area contributed by atoms with Crippen molar-refractivity contribution < 1.29 is 4.74 Å². The van der Waals surface area contributed by atoms with Crippen molar-refractivity contribution in [1.29, 1.82) is 0 Å². The second-order valence-electron chi connectivity index (χ2n) is 4.97. The van der Waals surface area contributed by atoms with Gasteiger partial charge in [-0.1, -0.05) is 6.07 Å². The number of pyridine rings is 1. The van der Waals surface area contributed by atoms with Crippen LogP contribution in [0, 0.1) is 5.92 Å². The summed E-state index contributed by atoms with van der Waals surface area (Å²) in [7, 11) is 1.68. The molecule has 2 heterocycles. The fourth-order valence-electron chi connectivity index (χ4n) is 2.64. The molecule has 0 saturated carbocycles. The van der Waals surface area contributed by atoms with Crippen LogP contribution in [0.4, 0.5) is 0 Å². The molecule has 1 aliphatic heterocycles. The first-order valence-corrected chi connectivity index (χ1v) is 6.73. The molecule has 2 N–H and O–H groups in total. The second-order valence-corrected chi connectivity index (χ2v) is 4.97. The maximum Gasteiger partial charge on any atom is 0.217 e. The van der Waals surface area contributed by atoms with Crippen molar-refractivity contribution in [1.82, 2.24) is 9.88 Å². The number of nitrogens with two attached hydrogens (primary N) is 1. The first-order chi connectivity index (χ1) is 8.83. The van der Waals surface area contributed by atoms with Gasteiger partial charge in [0.1, 0.15) is 0 Å². The lowest BCUT2D eigenvalue weighted by atomic mass is 9.93. The lowest BCUT2D eigenvalue weighted by Gasteiger charge is -2.31. The molecule has 0 aliphatic carbocycles. The van der Waals surface area contributed by atoms with Crippen LogP contribution >= 0.6 is 0 Å². The van der Waals surface area contributed by atoms with Crippen LogP contribution in [0.15, 0.2) is 18.3 Å². The third-order valence-electron chi connectivity index (χ3n) is 3.72. The van der Waals surface area contributed by atoms with Crippen molar-refractivity contribution in [3.8, 4) is 5.88 Å². The van der Waals surface area contributed by atoms with Gasteiger partial charge in [0.05, 0.1) is 7.11 Å². The number of aromatic nitrogens is 1. The third-order valence-corrected chi connectivity index (χ3v) is 3.72. The fourth-order valence-corrected chi connectivity index (χ4v) is 2.64. The van der Waals surface area contributed by atoms with Crippen LogP contribution in [0.1, 0.15) is 24.8 Å². The Labute approximate surface area is 109 Å². The standard InChI is InChI=1S/C14H23N3O/c1-18-14-13(3-2-8-16-14)11-17-9-5-12(4-7-15)6-10-17/h2-3,8,12H,4-7,9-11,15H2,1H3. The fraction of sp³-hybridized carbons (Fsp3) is 0.643. The number of piperidine rings is 1. The van der Waals surface area contributed by atoms with Crippen molar-refractivity contribution in [2.24, 2.45) is 11.7 Å². The van der Waals surface area contributed by atoms with Gasteiger partial charge in [-0.25, -0.2) is 4.98 Å². The summed E-state index contributed by atoms with van der Waals surface area (Å²) in [5.41, 5.74) is 6.80.